The van der Waals surface area contributed by atoms with E-state index in [9.17, 15) is 4.79 Å². The zero-order valence-electron chi connectivity index (χ0n) is 13.9. The quantitative estimate of drug-likeness (QED) is 0.857. The van der Waals surface area contributed by atoms with Crippen molar-refractivity contribution in [3.63, 3.8) is 0 Å². The molecule has 2 aromatic rings. The lowest BCUT2D eigenvalue weighted by Crippen LogP contribution is -2.38. The van der Waals surface area contributed by atoms with Crippen molar-refractivity contribution in [2.24, 2.45) is 0 Å². The minimum Gasteiger partial charge on any atom is -0.497 e. The van der Waals surface area contributed by atoms with Gasteiger partial charge in [0.25, 0.3) is 5.56 Å². The van der Waals surface area contributed by atoms with Crippen molar-refractivity contribution in [2.75, 3.05) is 26.7 Å². The summed E-state index contributed by atoms with van der Waals surface area (Å²) in [6.45, 7) is 6.03. The first-order valence-electron chi connectivity index (χ1n) is 8.36. The highest BCUT2D eigenvalue weighted by Gasteiger charge is 2.22. The molecule has 0 radical (unpaired) electrons. The molecule has 23 heavy (non-hydrogen) atoms. The number of aromatic amines is 1. The second-order valence-electron chi connectivity index (χ2n) is 6.13. The first-order chi connectivity index (χ1) is 11.2. The minimum atomic E-state index is -0.0195. The maximum atomic E-state index is 12.2. The first kappa shape index (κ1) is 16.0. The summed E-state index contributed by atoms with van der Waals surface area (Å²) in [6.07, 6.45) is 2.52. The maximum Gasteiger partial charge on any atom is 0.252 e. The summed E-state index contributed by atoms with van der Waals surface area (Å²) in [5.74, 6) is 0.799. The van der Waals surface area contributed by atoms with Gasteiger partial charge in [-0.3, -0.25) is 9.69 Å². The predicted molar refractivity (Wildman–Crippen MR) is 93.1 cm³/mol. The van der Waals surface area contributed by atoms with E-state index in [1.807, 2.05) is 24.3 Å². The summed E-state index contributed by atoms with van der Waals surface area (Å²) in [7, 11) is 1.65. The lowest BCUT2D eigenvalue weighted by molar-refractivity contribution is 0.260. The molecule has 2 N–H and O–H groups in total. The number of benzene rings is 1. The average Bonchev–Trinajstić information content (AvgIpc) is 3.02. The van der Waals surface area contributed by atoms with Gasteiger partial charge in [-0.05, 0) is 50.2 Å². The van der Waals surface area contributed by atoms with Crippen molar-refractivity contribution in [3.8, 4) is 5.75 Å². The van der Waals surface area contributed by atoms with E-state index in [-0.39, 0.29) is 5.56 Å². The highest BCUT2D eigenvalue weighted by atomic mass is 16.5. The smallest absolute Gasteiger partial charge is 0.252 e. The molecule has 5 heteroatoms. The molecule has 0 bridgehead atoms. The van der Waals surface area contributed by atoms with Gasteiger partial charge in [0.1, 0.15) is 5.75 Å². The normalized spacial score (nSPS) is 18.6. The van der Waals surface area contributed by atoms with Crippen LogP contribution in [0, 0.1) is 0 Å². The summed E-state index contributed by atoms with van der Waals surface area (Å²) >= 11 is 0. The second kappa shape index (κ2) is 7.15. The van der Waals surface area contributed by atoms with E-state index < -0.39 is 0 Å². The van der Waals surface area contributed by atoms with Crippen LogP contribution in [0.2, 0.25) is 0 Å². The SMILES string of the molecule is CCN1CCC[C@H]1CNCc1cc2cc(OC)ccc2[nH]c1=O. The number of rotatable bonds is 6. The van der Waals surface area contributed by atoms with Crippen LogP contribution < -0.4 is 15.6 Å². The molecule has 0 saturated carbocycles. The Morgan fingerprint density at radius 2 is 2.26 bits per heavy atom. The number of nitrogens with one attached hydrogen (secondary N) is 2. The lowest BCUT2D eigenvalue weighted by Gasteiger charge is -2.22. The van der Waals surface area contributed by atoms with Crippen molar-refractivity contribution in [1.82, 2.24) is 15.2 Å². The van der Waals surface area contributed by atoms with Crippen LogP contribution in [0.5, 0.6) is 5.75 Å². The molecule has 0 aliphatic carbocycles. The molecule has 1 fully saturated rings. The number of H-pyrrole nitrogens is 1. The van der Waals surface area contributed by atoms with Crippen LogP contribution in [0.15, 0.2) is 29.1 Å². The van der Waals surface area contributed by atoms with Gasteiger partial charge in [-0.1, -0.05) is 6.92 Å². The average molecular weight is 315 g/mol. The van der Waals surface area contributed by atoms with Crippen molar-refractivity contribution in [1.29, 1.82) is 0 Å². The molecule has 1 aliphatic rings. The molecule has 0 unspecified atom stereocenters. The Kier molecular flexibility index (Phi) is 4.98. The van der Waals surface area contributed by atoms with Gasteiger partial charge in [0.15, 0.2) is 0 Å². The molecular formula is C18H25N3O2. The number of likely N-dealkylation sites (tertiary alicyclic amines) is 1. The summed E-state index contributed by atoms with van der Waals surface area (Å²) in [4.78, 5) is 17.6. The maximum absolute atomic E-state index is 12.2. The van der Waals surface area contributed by atoms with E-state index in [0.717, 1.165) is 35.3 Å². The van der Waals surface area contributed by atoms with Crippen LogP contribution in [-0.2, 0) is 6.54 Å². The van der Waals surface area contributed by atoms with Gasteiger partial charge in [-0.2, -0.15) is 0 Å². The number of fused-ring (bicyclic) bond motifs is 1. The van der Waals surface area contributed by atoms with E-state index in [4.69, 9.17) is 4.74 Å². The number of methoxy groups -OCH3 is 1. The number of hydrogen-bond acceptors (Lipinski definition) is 4. The van der Waals surface area contributed by atoms with E-state index in [0.29, 0.717) is 12.6 Å². The molecule has 1 aliphatic heterocycles. The van der Waals surface area contributed by atoms with E-state index in [1.54, 1.807) is 7.11 Å². The molecule has 2 heterocycles. The van der Waals surface area contributed by atoms with E-state index in [2.05, 4.69) is 22.1 Å². The van der Waals surface area contributed by atoms with Crippen LogP contribution in [0.3, 0.4) is 0 Å². The van der Waals surface area contributed by atoms with Crippen molar-refractivity contribution >= 4 is 10.9 Å². The topological polar surface area (TPSA) is 57.4 Å². The fourth-order valence-corrected chi connectivity index (χ4v) is 3.40. The minimum absolute atomic E-state index is 0.0195. The number of ether oxygens (including phenoxy) is 1. The van der Waals surface area contributed by atoms with Crippen LogP contribution in [-0.4, -0.2) is 42.7 Å². The molecule has 3 rings (SSSR count). The molecule has 5 nitrogen and oxygen atoms in total. The van der Waals surface area contributed by atoms with Crippen LogP contribution in [0.4, 0.5) is 0 Å². The highest BCUT2D eigenvalue weighted by Crippen LogP contribution is 2.19. The van der Waals surface area contributed by atoms with Gasteiger partial charge in [0.2, 0.25) is 0 Å². The van der Waals surface area contributed by atoms with Gasteiger partial charge in [-0.25, -0.2) is 0 Å². The Balaban J connectivity index is 1.69. The molecular weight excluding hydrogens is 290 g/mol. The molecule has 1 atom stereocenters. The van der Waals surface area contributed by atoms with Gasteiger partial charge in [0.05, 0.1) is 7.11 Å². The van der Waals surface area contributed by atoms with Crippen LogP contribution >= 0.6 is 0 Å². The number of aromatic nitrogens is 1. The number of pyridine rings is 1. The third kappa shape index (κ3) is 3.57. The summed E-state index contributed by atoms with van der Waals surface area (Å²) in [5, 5.41) is 4.45. The van der Waals surface area contributed by atoms with Gasteiger partial charge >= 0.3 is 0 Å². The number of hydrogen-bond donors (Lipinski definition) is 2. The third-order valence-corrected chi connectivity index (χ3v) is 4.73. The van der Waals surface area contributed by atoms with Gasteiger partial charge in [-0.15, -0.1) is 0 Å². The predicted octanol–water partition coefficient (Wildman–Crippen LogP) is 2.11. The van der Waals surface area contributed by atoms with Gasteiger partial charge in [0, 0.05) is 35.6 Å². The molecule has 1 saturated heterocycles. The lowest BCUT2D eigenvalue weighted by atomic mass is 10.1. The number of nitrogens with zero attached hydrogens (tertiary/aromatic N) is 1. The second-order valence-corrected chi connectivity index (χ2v) is 6.13. The standard InChI is InChI=1S/C18H25N3O2/c1-3-21-8-4-5-15(21)12-19-11-14-9-13-10-16(23-2)6-7-17(13)20-18(14)22/h6-7,9-10,15,19H,3-5,8,11-12H2,1-2H3,(H,20,22)/t15-/m0/s1. The Morgan fingerprint density at radius 1 is 1.39 bits per heavy atom. The Hall–Kier alpha value is -1.85. The van der Waals surface area contributed by atoms with Gasteiger partial charge < -0.3 is 15.0 Å². The zero-order chi connectivity index (χ0) is 16.2. The van der Waals surface area contributed by atoms with Crippen molar-refractivity contribution in [3.05, 3.63) is 40.2 Å². The molecule has 1 aromatic carbocycles. The Labute approximate surface area is 136 Å². The Bertz CT molecular complexity index is 726. The fourth-order valence-electron chi connectivity index (χ4n) is 3.40. The summed E-state index contributed by atoms with van der Waals surface area (Å²) < 4.78 is 5.25. The molecule has 1 aromatic heterocycles. The first-order valence-corrected chi connectivity index (χ1v) is 8.36. The van der Waals surface area contributed by atoms with E-state index >= 15 is 0 Å². The monoisotopic (exact) mass is 315 g/mol. The third-order valence-electron chi connectivity index (χ3n) is 4.73. The molecule has 0 amide bonds. The highest BCUT2D eigenvalue weighted by molar-refractivity contribution is 5.80. The van der Waals surface area contributed by atoms with Crippen molar-refractivity contribution in [2.45, 2.75) is 32.4 Å². The summed E-state index contributed by atoms with van der Waals surface area (Å²) in [6, 6.07) is 8.24. The number of likely N-dealkylation sites (N-methyl/N-ethyl adjacent to an activating group) is 1. The largest absolute Gasteiger partial charge is 0.497 e. The Morgan fingerprint density at radius 3 is 3.04 bits per heavy atom. The fraction of sp³-hybridized carbons (Fsp3) is 0.500. The van der Waals surface area contributed by atoms with Crippen molar-refractivity contribution < 1.29 is 4.74 Å². The van der Waals surface area contributed by atoms with E-state index in [1.165, 1.54) is 19.4 Å². The summed E-state index contributed by atoms with van der Waals surface area (Å²) in [5.41, 5.74) is 1.59. The van der Waals surface area contributed by atoms with Crippen LogP contribution in [0.25, 0.3) is 10.9 Å². The molecule has 124 valence electrons. The van der Waals surface area contributed by atoms with Crippen LogP contribution in [0.1, 0.15) is 25.3 Å². The zero-order valence-corrected chi connectivity index (χ0v) is 13.9. The molecule has 0 spiro atoms.